The monoisotopic (exact) mass is 349 g/mol. The van der Waals surface area contributed by atoms with Crippen LogP contribution in [-0.4, -0.2) is 27.1 Å². The van der Waals surface area contributed by atoms with E-state index in [1.807, 2.05) is 32.0 Å². The van der Waals surface area contributed by atoms with Crippen LogP contribution in [0, 0.1) is 13.8 Å². The SMILES string of the molecule is Cc1cc(C(=O)N2c3ccccc3CC2C)nc(Nc2cc(C)on2)n1. The number of hydrogen-bond acceptors (Lipinski definition) is 6. The Bertz CT molecular complexity index is 982. The summed E-state index contributed by atoms with van der Waals surface area (Å²) in [6, 6.07) is 11.5. The average Bonchev–Trinajstić information content (AvgIpc) is 3.15. The highest BCUT2D eigenvalue weighted by Gasteiger charge is 2.32. The summed E-state index contributed by atoms with van der Waals surface area (Å²) in [6.45, 7) is 5.68. The number of aryl methyl sites for hydroxylation is 2. The Hall–Kier alpha value is -3.22. The molecule has 1 aromatic carbocycles. The Labute approximate surface area is 151 Å². The van der Waals surface area contributed by atoms with Crippen molar-refractivity contribution in [3.63, 3.8) is 0 Å². The largest absolute Gasteiger partial charge is 0.360 e. The number of nitrogens with one attached hydrogen (secondary N) is 1. The number of hydrogen-bond donors (Lipinski definition) is 1. The summed E-state index contributed by atoms with van der Waals surface area (Å²) in [5.74, 6) is 1.37. The minimum absolute atomic E-state index is 0.0878. The van der Waals surface area contributed by atoms with E-state index in [0.29, 0.717) is 28.9 Å². The van der Waals surface area contributed by atoms with Crippen molar-refractivity contribution in [1.29, 1.82) is 0 Å². The second-order valence-corrected chi connectivity index (χ2v) is 6.52. The molecule has 7 heteroatoms. The molecule has 1 unspecified atom stereocenters. The lowest BCUT2D eigenvalue weighted by Gasteiger charge is -2.22. The van der Waals surface area contributed by atoms with E-state index < -0.39 is 0 Å². The fourth-order valence-electron chi connectivity index (χ4n) is 3.27. The summed E-state index contributed by atoms with van der Waals surface area (Å²) in [5.41, 5.74) is 3.17. The maximum absolute atomic E-state index is 13.2. The lowest BCUT2D eigenvalue weighted by atomic mass is 10.1. The molecule has 0 saturated carbocycles. The lowest BCUT2D eigenvalue weighted by Crippen LogP contribution is -2.36. The van der Waals surface area contributed by atoms with Crippen LogP contribution in [-0.2, 0) is 6.42 Å². The molecular weight excluding hydrogens is 330 g/mol. The Kier molecular flexibility index (Phi) is 3.91. The molecule has 1 amide bonds. The minimum atomic E-state index is -0.132. The molecule has 2 aromatic heterocycles. The van der Waals surface area contributed by atoms with E-state index in [-0.39, 0.29) is 11.9 Å². The van der Waals surface area contributed by atoms with E-state index in [4.69, 9.17) is 4.52 Å². The zero-order valence-corrected chi connectivity index (χ0v) is 14.9. The van der Waals surface area contributed by atoms with Crippen molar-refractivity contribution in [3.05, 3.63) is 59.1 Å². The molecule has 4 rings (SSSR count). The fraction of sp³-hybridized carbons (Fsp3) is 0.263. The molecule has 3 aromatic rings. The maximum Gasteiger partial charge on any atom is 0.277 e. The zero-order valence-electron chi connectivity index (χ0n) is 14.9. The van der Waals surface area contributed by atoms with Gasteiger partial charge in [0.2, 0.25) is 5.95 Å². The number of carbonyl (C=O) groups is 1. The number of benzene rings is 1. The average molecular weight is 349 g/mol. The summed E-state index contributed by atoms with van der Waals surface area (Å²) in [6.07, 6.45) is 0.843. The van der Waals surface area contributed by atoms with Crippen LogP contribution < -0.4 is 10.2 Å². The molecule has 0 aliphatic carbocycles. The molecule has 1 aliphatic rings. The standard InChI is InChI=1S/C19H19N5O2/c1-11-8-15(21-19(20-11)22-17-10-13(3)26-23-17)18(25)24-12(2)9-14-6-4-5-7-16(14)24/h4-8,10,12H,9H2,1-3H3,(H,20,21,22,23). The summed E-state index contributed by atoms with van der Waals surface area (Å²) < 4.78 is 5.04. The van der Waals surface area contributed by atoms with Crippen molar-refractivity contribution < 1.29 is 9.32 Å². The molecule has 3 heterocycles. The highest BCUT2D eigenvalue weighted by atomic mass is 16.5. The van der Waals surface area contributed by atoms with Gasteiger partial charge in [0.1, 0.15) is 11.5 Å². The number of para-hydroxylation sites is 1. The van der Waals surface area contributed by atoms with Crippen molar-refractivity contribution in [2.24, 2.45) is 0 Å². The van der Waals surface area contributed by atoms with Crippen LogP contribution in [0.25, 0.3) is 0 Å². The van der Waals surface area contributed by atoms with E-state index in [2.05, 4.69) is 26.5 Å². The fourth-order valence-corrected chi connectivity index (χ4v) is 3.27. The van der Waals surface area contributed by atoms with Gasteiger partial charge in [-0.2, -0.15) is 0 Å². The second-order valence-electron chi connectivity index (χ2n) is 6.52. The van der Waals surface area contributed by atoms with E-state index in [9.17, 15) is 4.79 Å². The molecule has 1 N–H and O–H groups in total. The van der Waals surface area contributed by atoms with Gasteiger partial charge in [-0.15, -0.1) is 0 Å². The normalized spacial score (nSPS) is 15.8. The van der Waals surface area contributed by atoms with Crippen molar-refractivity contribution >= 4 is 23.4 Å². The van der Waals surface area contributed by atoms with Crippen molar-refractivity contribution in [1.82, 2.24) is 15.1 Å². The van der Waals surface area contributed by atoms with Crippen LogP contribution in [0.1, 0.15) is 34.4 Å². The van der Waals surface area contributed by atoms with Crippen LogP contribution >= 0.6 is 0 Å². The third-order valence-corrected chi connectivity index (χ3v) is 4.37. The number of fused-ring (bicyclic) bond motifs is 1. The quantitative estimate of drug-likeness (QED) is 0.780. The zero-order chi connectivity index (χ0) is 18.3. The van der Waals surface area contributed by atoms with Crippen molar-refractivity contribution in [2.75, 3.05) is 10.2 Å². The molecule has 26 heavy (non-hydrogen) atoms. The molecule has 1 atom stereocenters. The van der Waals surface area contributed by atoms with E-state index in [0.717, 1.165) is 12.1 Å². The van der Waals surface area contributed by atoms with Crippen LogP contribution in [0.4, 0.5) is 17.5 Å². The lowest BCUT2D eigenvalue weighted by molar-refractivity contribution is 0.0976. The van der Waals surface area contributed by atoms with Gasteiger partial charge in [0, 0.05) is 23.5 Å². The Balaban J connectivity index is 1.66. The molecule has 0 saturated heterocycles. The minimum Gasteiger partial charge on any atom is -0.360 e. The smallest absolute Gasteiger partial charge is 0.277 e. The Morgan fingerprint density at radius 1 is 1.23 bits per heavy atom. The van der Waals surface area contributed by atoms with E-state index in [1.54, 1.807) is 24.0 Å². The maximum atomic E-state index is 13.2. The first-order valence-electron chi connectivity index (χ1n) is 8.49. The predicted molar refractivity (Wildman–Crippen MR) is 97.7 cm³/mol. The topological polar surface area (TPSA) is 84.2 Å². The van der Waals surface area contributed by atoms with Gasteiger partial charge in [0.15, 0.2) is 5.82 Å². The number of carbonyl (C=O) groups excluding carboxylic acids is 1. The molecule has 7 nitrogen and oxygen atoms in total. The number of amides is 1. The number of aromatic nitrogens is 3. The van der Waals surface area contributed by atoms with Gasteiger partial charge in [-0.1, -0.05) is 23.4 Å². The van der Waals surface area contributed by atoms with Gasteiger partial charge in [0.05, 0.1) is 0 Å². The molecule has 0 fully saturated rings. The second kappa shape index (κ2) is 6.25. The number of anilines is 3. The van der Waals surface area contributed by atoms with Crippen molar-refractivity contribution in [3.8, 4) is 0 Å². The molecule has 0 bridgehead atoms. The molecule has 0 spiro atoms. The summed E-state index contributed by atoms with van der Waals surface area (Å²) in [7, 11) is 0. The third kappa shape index (κ3) is 2.92. The van der Waals surface area contributed by atoms with E-state index in [1.165, 1.54) is 5.56 Å². The molecule has 0 radical (unpaired) electrons. The molecule has 132 valence electrons. The first-order chi connectivity index (χ1) is 12.5. The summed E-state index contributed by atoms with van der Waals surface area (Å²) >= 11 is 0. The molecular formula is C19H19N5O2. The van der Waals surface area contributed by atoms with Crippen molar-refractivity contribution in [2.45, 2.75) is 33.2 Å². The van der Waals surface area contributed by atoms with Gasteiger partial charge in [-0.05, 0) is 44.9 Å². The Morgan fingerprint density at radius 2 is 2.04 bits per heavy atom. The summed E-state index contributed by atoms with van der Waals surface area (Å²) in [4.78, 5) is 23.7. The van der Waals surface area contributed by atoms with Gasteiger partial charge in [-0.25, -0.2) is 9.97 Å². The number of nitrogens with zero attached hydrogens (tertiary/aromatic N) is 4. The third-order valence-electron chi connectivity index (χ3n) is 4.37. The van der Waals surface area contributed by atoms with Gasteiger partial charge >= 0.3 is 0 Å². The van der Waals surface area contributed by atoms with Gasteiger partial charge < -0.3 is 14.7 Å². The Morgan fingerprint density at radius 3 is 2.81 bits per heavy atom. The van der Waals surface area contributed by atoms with Crippen LogP contribution in [0.5, 0.6) is 0 Å². The van der Waals surface area contributed by atoms with Crippen LogP contribution in [0.3, 0.4) is 0 Å². The summed E-state index contributed by atoms with van der Waals surface area (Å²) in [5, 5.41) is 6.86. The highest BCUT2D eigenvalue weighted by Crippen LogP contribution is 2.33. The highest BCUT2D eigenvalue weighted by molar-refractivity contribution is 6.06. The van der Waals surface area contributed by atoms with Crippen LogP contribution in [0.2, 0.25) is 0 Å². The first-order valence-corrected chi connectivity index (χ1v) is 8.49. The first kappa shape index (κ1) is 16.3. The predicted octanol–water partition coefficient (Wildman–Crippen LogP) is 3.42. The molecule has 1 aliphatic heterocycles. The number of rotatable bonds is 3. The van der Waals surface area contributed by atoms with Gasteiger partial charge in [0.25, 0.3) is 5.91 Å². The van der Waals surface area contributed by atoms with Crippen LogP contribution in [0.15, 0.2) is 40.9 Å². The van der Waals surface area contributed by atoms with E-state index >= 15 is 0 Å². The van der Waals surface area contributed by atoms with Gasteiger partial charge in [-0.3, -0.25) is 4.79 Å².